The molecule has 9 heteroatoms. The molecular formula is C20H21ClN5O3+. The Bertz CT molecular complexity index is 999. The van der Waals surface area contributed by atoms with Gasteiger partial charge in [0, 0.05) is 17.7 Å². The number of anilines is 1. The van der Waals surface area contributed by atoms with Crippen molar-refractivity contribution in [1.82, 2.24) is 10.2 Å². The molecule has 0 bridgehead atoms. The molecule has 0 spiro atoms. The summed E-state index contributed by atoms with van der Waals surface area (Å²) in [7, 11) is 0. The van der Waals surface area contributed by atoms with Crippen LogP contribution in [-0.2, 0) is 0 Å². The second kappa shape index (κ2) is 8.18. The Morgan fingerprint density at radius 2 is 1.83 bits per heavy atom. The molecular weight excluding hydrogens is 394 g/mol. The number of piperazine rings is 1. The van der Waals surface area contributed by atoms with Crippen LogP contribution in [0.25, 0.3) is 11.5 Å². The average Bonchev–Trinajstić information content (AvgIpc) is 3.24. The van der Waals surface area contributed by atoms with Crippen molar-refractivity contribution in [2.75, 3.05) is 31.1 Å². The SMILES string of the molecule is C[C@H](c1nnc(-c2ccc([N+](=O)[O-])cc2)o1)[NH+]1CCN(c2ccccc2Cl)CC1. The van der Waals surface area contributed by atoms with E-state index in [1.165, 1.54) is 17.0 Å². The van der Waals surface area contributed by atoms with Gasteiger partial charge in [-0.3, -0.25) is 10.1 Å². The number of nitrogens with one attached hydrogen (secondary N) is 1. The van der Waals surface area contributed by atoms with E-state index in [2.05, 4.69) is 22.0 Å². The van der Waals surface area contributed by atoms with E-state index < -0.39 is 4.92 Å². The number of nitro benzene ring substituents is 1. The van der Waals surface area contributed by atoms with Gasteiger partial charge in [-0.05, 0) is 31.2 Å². The maximum Gasteiger partial charge on any atom is 0.274 e. The van der Waals surface area contributed by atoms with Crippen LogP contribution in [0.15, 0.2) is 52.9 Å². The monoisotopic (exact) mass is 414 g/mol. The summed E-state index contributed by atoms with van der Waals surface area (Å²) in [6.07, 6.45) is 0. The molecule has 0 unspecified atom stereocenters. The number of non-ortho nitro benzene ring substituents is 1. The van der Waals surface area contributed by atoms with Crippen LogP contribution in [0, 0.1) is 10.1 Å². The minimum absolute atomic E-state index is 0.0303. The van der Waals surface area contributed by atoms with Gasteiger partial charge in [-0.2, -0.15) is 0 Å². The molecule has 1 atom stereocenters. The molecule has 8 nitrogen and oxygen atoms in total. The summed E-state index contributed by atoms with van der Waals surface area (Å²) in [5, 5.41) is 19.9. The Balaban J connectivity index is 1.41. The molecule has 0 saturated carbocycles. The van der Waals surface area contributed by atoms with Gasteiger partial charge in [-0.1, -0.05) is 23.7 Å². The summed E-state index contributed by atoms with van der Waals surface area (Å²) >= 11 is 6.32. The predicted octanol–water partition coefficient (Wildman–Crippen LogP) is 2.76. The van der Waals surface area contributed by atoms with Gasteiger partial charge in [0.15, 0.2) is 6.04 Å². The van der Waals surface area contributed by atoms with Crippen LogP contribution in [0.5, 0.6) is 0 Å². The van der Waals surface area contributed by atoms with Crippen LogP contribution in [0.4, 0.5) is 11.4 Å². The van der Waals surface area contributed by atoms with Gasteiger partial charge in [-0.15, -0.1) is 10.2 Å². The van der Waals surface area contributed by atoms with Gasteiger partial charge in [-0.25, -0.2) is 0 Å². The largest absolute Gasteiger partial charge is 0.415 e. The zero-order valence-corrected chi connectivity index (χ0v) is 16.7. The lowest BCUT2D eigenvalue weighted by molar-refractivity contribution is -0.931. The summed E-state index contributed by atoms with van der Waals surface area (Å²) < 4.78 is 5.87. The van der Waals surface area contributed by atoms with Crippen molar-refractivity contribution < 1.29 is 14.2 Å². The van der Waals surface area contributed by atoms with Gasteiger partial charge in [0.2, 0.25) is 5.89 Å². The second-order valence-electron chi connectivity index (χ2n) is 7.07. The van der Waals surface area contributed by atoms with Gasteiger partial charge in [0.25, 0.3) is 11.6 Å². The average molecular weight is 415 g/mol. The van der Waals surface area contributed by atoms with Gasteiger partial charge in [0.05, 0.1) is 41.8 Å². The van der Waals surface area contributed by atoms with Crippen molar-refractivity contribution in [2.45, 2.75) is 13.0 Å². The summed E-state index contributed by atoms with van der Waals surface area (Å²) in [6.45, 7) is 5.73. The number of rotatable bonds is 5. The Morgan fingerprint density at radius 3 is 2.48 bits per heavy atom. The molecule has 29 heavy (non-hydrogen) atoms. The number of para-hydroxylation sites is 1. The van der Waals surface area contributed by atoms with Crippen LogP contribution in [0.1, 0.15) is 18.9 Å². The molecule has 1 aliphatic rings. The molecule has 0 amide bonds. The highest BCUT2D eigenvalue weighted by Crippen LogP contribution is 2.25. The Labute approximate surface area is 172 Å². The lowest BCUT2D eigenvalue weighted by Crippen LogP contribution is -3.14. The number of aromatic nitrogens is 2. The first-order valence-corrected chi connectivity index (χ1v) is 9.83. The highest BCUT2D eigenvalue weighted by molar-refractivity contribution is 6.33. The van der Waals surface area contributed by atoms with Gasteiger partial charge in [0.1, 0.15) is 0 Å². The molecule has 1 aliphatic heterocycles. The lowest BCUT2D eigenvalue weighted by Gasteiger charge is -2.35. The summed E-state index contributed by atoms with van der Waals surface area (Å²) in [6, 6.07) is 14.1. The maximum atomic E-state index is 10.8. The van der Waals surface area contributed by atoms with E-state index in [4.69, 9.17) is 16.0 Å². The smallest absolute Gasteiger partial charge is 0.274 e. The molecule has 1 saturated heterocycles. The van der Waals surface area contributed by atoms with Crippen molar-refractivity contribution in [1.29, 1.82) is 0 Å². The van der Waals surface area contributed by atoms with E-state index in [9.17, 15) is 10.1 Å². The number of hydrogen-bond acceptors (Lipinski definition) is 6. The molecule has 2 aromatic carbocycles. The van der Waals surface area contributed by atoms with E-state index in [0.717, 1.165) is 36.9 Å². The number of nitrogens with zero attached hydrogens (tertiary/aromatic N) is 4. The Morgan fingerprint density at radius 1 is 1.14 bits per heavy atom. The van der Waals surface area contributed by atoms with E-state index in [1.54, 1.807) is 12.1 Å². The maximum absolute atomic E-state index is 10.8. The molecule has 0 radical (unpaired) electrons. The normalized spacial score (nSPS) is 16.0. The number of halogens is 1. The third-order valence-electron chi connectivity index (χ3n) is 5.35. The molecule has 1 N–H and O–H groups in total. The fourth-order valence-electron chi connectivity index (χ4n) is 3.60. The van der Waals surface area contributed by atoms with Gasteiger partial charge >= 0.3 is 0 Å². The zero-order chi connectivity index (χ0) is 20.4. The van der Waals surface area contributed by atoms with Crippen molar-refractivity contribution in [3.63, 3.8) is 0 Å². The first kappa shape index (κ1) is 19.4. The number of hydrogen-bond donors (Lipinski definition) is 1. The third kappa shape index (κ3) is 4.08. The first-order chi connectivity index (χ1) is 14.0. The Kier molecular flexibility index (Phi) is 5.46. The molecule has 1 fully saturated rings. The van der Waals surface area contributed by atoms with Crippen molar-refractivity contribution in [3.8, 4) is 11.5 Å². The van der Waals surface area contributed by atoms with E-state index in [1.807, 2.05) is 24.3 Å². The lowest BCUT2D eigenvalue weighted by atomic mass is 10.2. The van der Waals surface area contributed by atoms with Gasteiger partial charge < -0.3 is 14.2 Å². The predicted molar refractivity (Wildman–Crippen MR) is 109 cm³/mol. The number of nitro groups is 1. The zero-order valence-electron chi connectivity index (χ0n) is 15.9. The van der Waals surface area contributed by atoms with Crippen LogP contribution < -0.4 is 9.80 Å². The summed E-state index contributed by atoms with van der Waals surface area (Å²) in [4.78, 5) is 14.0. The van der Waals surface area contributed by atoms with Crippen molar-refractivity contribution in [2.24, 2.45) is 0 Å². The molecule has 3 aromatic rings. The number of quaternary nitrogens is 1. The van der Waals surface area contributed by atoms with Crippen LogP contribution in [0.2, 0.25) is 5.02 Å². The highest BCUT2D eigenvalue weighted by atomic mass is 35.5. The summed E-state index contributed by atoms with van der Waals surface area (Å²) in [5.74, 6) is 0.940. The topological polar surface area (TPSA) is 89.7 Å². The third-order valence-corrected chi connectivity index (χ3v) is 5.67. The second-order valence-corrected chi connectivity index (χ2v) is 7.48. The number of benzene rings is 2. The minimum atomic E-state index is -0.434. The molecule has 0 aliphatic carbocycles. The first-order valence-electron chi connectivity index (χ1n) is 9.45. The molecule has 150 valence electrons. The quantitative estimate of drug-likeness (QED) is 0.510. The van der Waals surface area contributed by atoms with E-state index in [-0.39, 0.29) is 11.7 Å². The van der Waals surface area contributed by atoms with Crippen molar-refractivity contribution in [3.05, 3.63) is 69.6 Å². The minimum Gasteiger partial charge on any atom is -0.415 e. The highest BCUT2D eigenvalue weighted by Gasteiger charge is 2.29. The summed E-state index contributed by atoms with van der Waals surface area (Å²) in [5.41, 5.74) is 1.77. The molecule has 1 aromatic heterocycles. The standard InChI is InChI=1S/C20H20ClN5O3/c1-14(24-10-12-25(13-11-24)18-5-3-2-4-17(18)21)19-22-23-20(29-19)15-6-8-16(9-7-15)26(27)28/h2-9,14H,10-13H2,1H3/p+1/t14-/m1/s1. The fraction of sp³-hybridized carbons (Fsp3) is 0.300. The molecule has 2 heterocycles. The van der Waals surface area contributed by atoms with Crippen molar-refractivity contribution >= 4 is 23.0 Å². The Hall–Kier alpha value is -2.97. The molecule has 4 rings (SSSR count). The van der Waals surface area contributed by atoms with E-state index >= 15 is 0 Å². The van der Waals surface area contributed by atoms with Crippen LogP contribution >= 0.6 is 11.6 Å². The van der Waals surface area contributed by atoms with E-state index in [0.29, 0.717) is 17.3 Å². The fourth-order valence-corrected chi connectivity index (χ4v) is 3.86. The van der Waals surface area contributed by atoms with Crippen LogP contribution in [-0.4, -0.2) is 41.3 Å². The van der Waals surface area contributed by atoms with Crippen LogP contribution in [0.3, 0.4) is 0 Å².